The van der Waals surface area contributed by atoms with Crippen LogP contribution in [0.3, 0.4) is 0 Å². The molecule has 30 heavy (non-hydrogen) atoms. The monoisotopic (exact) mass is 406 g/mol. The zero-order chi connectivity index (χ0) is 20.9. The van der Waals surface area contributed by atoms with Crippen LogP contribution in [0.2, 0.25) is 0 Å². The molecule has 2 heterocycles. The first kappa shape index (κ1) is 20.4. The number of ether oxygens (including phenoxy) is 1. The average Bonchev–Trinajstić information content (AvgIpc) is 3.10. The summed E-state index contributed by atoms with van der Waals surface area (Å²) in [6, 6.07) is 17.6. The molecule has 6 heteroatoms. The average molecular weight is 407 g/mol. The minimum Gasteiger partial charge on any atom is -0.486 e. The third kappa shape index (κ3) is 4.82. The SMILES string of the molecule is CC(C)CN1CCN(C(=O)Cn2c(COc3ccccc3)nc3ccccc32)CC1. The third-order valence-electron chi connectivity index (χ3n) is 5.49. The van der Waals surface area contributed by atoms with E-state index in [1.165, 1.54) is 0 Å². The molecule has 0 spiro atoms. The number of rotatable bonds is 7. The van der Waals surface area contributed by atoms with Gasteiger partial charge in [-0.2, -0.15) is 0 Å². The molecule has 0 N–H and O–H groups in total. The Balaban J connectivity index is 1.47. The predicted molar refractivity (Wildman–Crippen MR) is 118 cm³/mol. The Kier molecular flexibility index (Phi) is 6.33. The fraction of sp³-hybridized carbons (Fsp3) is 0.417. The number of benzene rings is 2. The maximum atomic E-state index is 13.1. The standard InChI is InChI=1S/C24H30N4O2/c1-19(2)16-26-12-14-27(15-13-26)24(29)17-28-22-11-7-6-10-21(22)25-23(28)18-30-20-8-4-3-5-9-20/h3-11,19H,12-18H2,1-2H3. The van der Waals surface area contributed by atoms with Crippen LogP contribution in [0.15, 0.2) is 54.6 Å². The van der Waals surface area contributed by atoms with E-state index in [0.29, 0.717) is 12.5 Å². The molecule has 2 aromatic carbocycles. The maximum Gasteiger partial charge on any atom is 0.242 e. The summed E-state index contributed by atoms with van der Waals surface area (Å²) >= 11 is 0. The largest absolute Gasteiger partial charge is 0.486 e. The Morgan fingerprint density at radius 1 is 1.00 bits per heavy atom. The van der Waals surface area contributed by atoms with Gasteiger partial charge in [-0.15, -0.1) is 0 Å². The van der Waals surface area contributed by atoms with Crippen molar-refractivity contribution in [1.82, 2.24) is 19.4 Å². The second-order valence-corrected chi connectivity index (χ2v) is 8.28. The van der Waals surface area contributed by atoms with Gasteiger partial charge in [-0.1, -0.05) is 44.2 Å². The Morgan fingerprint density at radius 2 is 1.70 bits per heavy atom. The lowest BCUT2D eigenvalue weighted by atomic mass is 10.2. The number of hydrogen-bond donors (Lipinski definition) is 0. The number of fused-ring (bicyclic) bond motifs is 1. The first-order valence-corrected chi connectivity index (χ1v) is 10.7. The van der Waals surface area contributed by atoms with Gasteiger partial charge >= 0.3 is 0 Å². The highest BCUT2D eigenvalue weighted by Gasteiger charge is 2.23. The van der Waals surface area contributed by atoms with Gasteiger partial charge in [-0.3, -0.25) is 9.69 Å². The van der Waals surface area contributed by atoms with Gasteiger partial charge in [0, 0.05) is 32.7 Å². The van der Waals surface area contributed by atoms with E-state index in [1.807, 2.05) is 64.1 Å². The van der Waals surface area contributed by atoms with Crippen molar-refractivity contribution < 1.29 is 9.53 Å². The molecule has 1 saturated heterocycles. The number of amides is 1. The summed E-state index contributed by atoms with van der Waals surface area (Å²) in [6.45, 7) is 9.64. The van der Waals surface area contributed by atoms with E-state index in [2.05, 4.69) is 18.7 Å². The van der Waals surface area contributed by atoms with Crippen LogP contribution in [0.4, 0.5) is 0 Å². The molecule has 0 aliphatic carbocycles. The molecule has 0 bridgehead atoms. The highest BCUT2D eigenvalue weighted by atomic mass is 16.5. The second-order valence-electron chi connectivity index (χ2n) is 8.28. The van der Waals surface area contributed by atoms with E-state index < -0.39 is 0 Å². The Labute approximate surface area is 178 Å². The lowest BCUT2D eigenvalue weighted by Crippen LogP contribution is -2.50. The molecule has 158 valence electrons. The van der Waals surface area contributed by atoms with Crippen molar-refractivity contribution in [3.05, 3.63) is 60.4 Å². The molecular weight excluding hydrogens is 376 g/mol. The summed E-state index contributed by atoms with van der Waals surface area (Å²) in [5.74, 6) is 2.36. The molecule has 0 atom stereocenters. The number of carbonyl (C=O) groups is 1. The molecule has 0 radical (unpaired) electrons. The summed E-state index contributed by atoms with van der Waals surface area (Å²) in [5.41, 5.74) is 1.86. The minimum atomic E-state index is 0.142. The topological polar surface area (TPSA) is 50.6 Å². The molecular formula is C24H30N4O2. The van der Waals surface area contributed by atoms with Gasteiger partial charge in [0.25, 0.3) is 0 Å². The molecule has 0 unspecified atom stereocenters. The van der Waals surface area contributed by atoms with E-state index in [4.69, 9.17) is 9.72 Å². The summed E-state index contributed by atoms with van der Waals surface area (Å²) in [6.07, 6.45) is 0. The summed E-state index contributed by atoms with van der Waals surface area (Å²) in [4.78, 5) is 22.2. The molecule has 4 rings (SSSR count). The number of para-hydroxylation sites is 3. The van der Waals surface area contributed by atoms with Gasteiger partial charge in [0.2, 0.25) is 5.91 Å². The minimum absolute atomic E-state index is 0.142. The quantitative estimate of drug-likeness (QED) is 0.603. The number of imidazole rings is 1. The van der Waals surface area contributed by atoms with Crippen LogP contribution < -0.4 is 4.74 Å². The van der Waals surface area contributed by atoms with E-state index in [0.717, 1.165) is 55.3 Å². The van der Waals surface area contributed by atoms with Gasteiger partial charge in [0.1, 0.15) is 24.7 Å². The van der Waals surface area contributed by atoms with E-state index in [9.17, 15) is 4.79 Å². The number of aromatic nitrogens is 2. The normalized spacial score (nSPS) is 15.1. The fourth-order valence-corrected chi connectivity index (χ4v) is 4.01. The molecule has 1 aromatic heterocycles. The van der Waals surface area contributed by atoms with Crippen LogP contribution in [-0.2, 0) is 17.9 Å². The van der Waals surface area contributed by atoms with Crippen LogP contribution >= 0.6 is 0 Å². The predicted octanol–water partition coefficient (Wildman–Crippen LogP) is 3.42. The van der Waals surface area contributed by atoms with Crippen molar-refractivity contribution in [2.75, 3.05) is 32.7 Å². The Hall–Kier alpha value is -2.86. The first-order valence-electron chi connectivity index (χ1n) is 10.7. The van der Waals surface area contributed by atoms with Gasteiger partial charge in [-0.25, -0.2) is 4.98 Å². The zero-order valence-electron chi connectivity index (χ0n) is 17.8. The highest BCUT2D eigenvalue weighted by Crippen LogP contribution is 2.19. The molecule has 3 aromatic rings. The zero-order valence-corrected chi connectivity index (χ0v) is 17.8. The Bertz CT molecular complexity index is 975. The third-order valence-corrected chi connectivity index (χ3v) is 5.49. The van der Waals surface area contributed by atoms with Gasteiger partial charge in [0.05, 0.1) is 11.0 Å². The van der Waals surface area contributed by atoms with Crippen molar-refractivity contribution in [3.8, 4) is 5.75 Å². The van der Waals surface area contributed by atoms with Crippen molar-refractivity contribution in [2.24, 2.45) is 5.92 Å². The molecule has 1 aliphatic rings. The van der Waals surface area contributed by atoms with Crippen molar-refractivity contribution in [3.63, 3.8) is 0 Å². The van der Waals surface area contributed by atoms with Crippen LogP contribution in [0.25, 0.3) is 11.0 Å². The molecule has 1 amide bonds. The second kappa shape index (κ2) is 9.30. The van der Waals surface area contributed by atoms with Gasteiger partial charge in [0.15, 0.2) is 0 Å². The van der Waals surface area contributed by atoms with Gasteiger partial charge < -0.3 is 14.2 Å². The van der Waals surface area contributed by atoms with Gasteiger partial charge in [-0.05, 0) is 30.2 Å². The smallest absolute Gasteiger partial charge is 0.242 e. The Morgan fingerprint density at radius 3 is 2.43 bits per heavy atom. The molecule has 1 fully saturated rings. The number of carbonyl (C=O) groups excluding carboxylic acids is 1. The van der Waals surface area contributed by atoms with Crippen LogP contribution in [0, 0.1) is 5.92 Å². The lowest BCUT2D eigenvalue weighted by Gasteiger charge is -2.35. The van der Waals surface area contributed by atoms with Crippen molar-refractivity contribution in [2.45, 2.75) is 27.0 Å². The number of hydrogen-bond acceptors (Lipinski definition) is 4. The highest BCUT2D eigenvalue weighted by molar-refractivity contribution is 5.81. The van der Waals surface area contributed by atoms with Crippen molar-refractivity contribution >= 4 is 16.9 Å². The van der Waals surface area contributed by atoms with Crippen LogP contribution in [-0.4, -0.2) is 58.0 Å². The van der Waals surface area contributed by atoms with Crippen molar-refractivity contribution in [1.29, 1.82) is 0 Å². The fourth-order valence-electron chi connectivity index (χ4n) is 4.01. The summed E-state index contributed by atoms with van der Waals surface area (Å²) in [7, 11) is 0. The lowest BCUT2D eigenvalue weighted by molar-refractivity contribution is -0.133. The molecule has 1 aliphatic heterocycles. The van der Waals surface area contributed by atoms with Crippen LogP contribution in [0.1, 0.15) is 19.7 Å². The van der Waals surface area contributed by atoms with E-state index in [1.54, 1.807) is 0 Å². The number of piperazine rings is 1. The summed E-state index contributed by atoms with van der Waals surface area (Å²) < 4.78 is 7.93. The van der Waals surface area contributed by atoms with E-state index >= 15 is 0 Å². The number of nitrogens with zero attached hydrogens (tertiary/aromatic N) is 4. The first-order chi connectivity index (χ1) is 14.6. The maximum absolute atomic E-state index is 13.1. The van der Waals surface area contributed by atoms with Crippen LogP contribution in [0.5, 0.6) is 5.75 Å². The molecule has 0 saturated carbocycles. The molecule has 6 nitrogen and oxygen atoms in total. The van der Waals surface area contributed by atoms with E-state index in [-0.39, 0.29) is 12.5 Å². The summed E-state index contributed by atoms with van der Waals surface area (Å²) in [5, 5.41) is 0.